The van der Waals surface area contributed by atoms with Crippen LogP contribution >= 0.6 is 11.8 Å². The number of halogens is 4. The molecule has 1 heterocycles. The average Bonchev–Trinajstić information content (AvgIpc) is 3.05. The Kier molecular flexibility index (Phi) is 6.74. The summed E-state index contributed by atoms with van der Waals surface area (Å²) < 4.78 is 52.1. The number of rotatable bonds is 5. The zero-order chi connectivity index (χ0) is 22.6. The van der Waals surface area contributed by atoms with Crippen molar-refractivity contribution in [3.8, 4) is 0 Å². The Hall–Kier alpha value is -3.21. The van der Waals surface area contributed by atoms with Gasteiger partial charge in [-0.2, -0.15) is 18.3 Å². The number of anilines is 1. The van der Waals surface area contributed by atoms with E-state index >= 15 is 0 Å². The highest BCUT2D eigenvalue weighted by molar-refractivity contribution is 8.15. The van der Waals surface area contributed by atoms with E-state index < -0.39 is 28.8 Å². The highest BCUT2D eigenvalue weighted by Crippen LogP contribution is 2.34. The molecule has 2 N–H and O–H groups in total. The van der Waals surface area contributed by atoms with Crippen molar-refractivity contribution < 1.29 is 27.2 Å². The SMILES string of the molecule is CC(=NN=C1NC(=O)[C@H](CC(=O)Nc2ccccc2C(F)(F)F)S1)c1ccc(F)cc1. The van der Waals surface area contributed by atoms with Crippen molar-refractivity contribution in [3.05, 3.63) is 65.5 Å². The van der Waals surface area contributed by atoms with Crippen LogP contribution in [0.5, 0.6) is 0 Å². The van der Waals surface area contributed by atoms with Crippen LogP contribution in [0.4, 0.5) is 23.2 Å². The number of alkyl halides is 3. The Balaban J connectivity index is 1.63. The molecule has 0 radical (unpaired) electrons. The van der Waals surface area contributed by atoms with Gasteiger partial charge in [0, 0.05) is 6.42 Å². The third kappa shape index (κ3) is 5.91. The number of carbonyl (C=O) groups is 2. The number of nitrogens with zero attached hydrogens (tertiary/aromatic N) is 2. The van der Waals surface area contributed by atoms with Gasteiger partial charge in [-0.1, -0.05) is 36.0 Å². The van der Waals surface area contributed by atoms with Crippen molar-refractivity contribution in [2.75, 3.05) is 5.32 Å². The second-order valence-electron chi connectivity index (χ2n) is 6.49. The molecule has 0 saturated carbocycles. The number of para-hydroxylation sites is 1. The average molecular weight is 452 g/mol. The Bertz CT molecular complexity index is 1050. The molecule has 162 valence electrons. The van der Waals surface area contributed by atoms with E-state index in [1.165, 1.54) is 36.4 Å². The van der Waals surface area contributed by atoms with E-state index in [0.29, 0.717) is 11.3 Å². The van der Waals surface area contributed by atoms with E-state index in [1.54, 1.807) is 6.92 Å². The number of thioether (sulfide) groups is 1. The minimum absolute atomic E-state index is 0.153. The lowest BCUT2D eigenvalue weighted by Gasteiger charge is -2.14. The maximum Gasteiger partial charge on any atom is 0.418 e. The number of carbonyl (C=O) groups excluding carboxylic acids is 2. The Morgan fingerprint density at radius 3 is 2.52 bits per heavy atom. The molecule has 0 aliphatic carbocycles. The van der Waals surface area contributed by atoms with Crippen LogP contribution in [-0.4, -0.2) is 27.9 Å². The van der Waals surface area contributed by atoms with Crippen molar-refractivity contribution in [1.29, 1.82) is 0 Å². The number of hydrogen-bond acceptors (Lipinski definition) is 5. The summed E-state index contributed by atoms with van der Waals surface area (Å²) >= 11 is 0.946. The van der Waals surface area contributed by atoms with Crippen LogP contribution in [0, 0.1) is 5.82 Å². The van der Waals surface area contributed by atoms with Gasteiger partial charge in [0.25, 0.3) is 0 Å². The van der Waals surface area contributed by atoms with Crippen LogP contribution in [-0.2, 0) is 15.8 Å². The topological polar surface area (TPSA) is 82.9 Å². The van der Waals surface area contributed by atoms with E-state index in [9.17, 15) is 27.2 Å². The molecule has 1 aliphatic heterocycles. The molecule has 11 heteroatoms. The van der Waals surface area contributed by atoms with Crippen molar-refractivity contribution in [2.24, 2.45) is 10.2 Å². The standard InChI is InChI=1S/C20H16F4N4O2S/c1-11(12-6-8-13(21)9-7-12)27-28-19-26-18(30)16(31-19)10-17(29)25-15-5-3-2-4-14(15)20(22,23)24/h2-9,16H,10H2,1H3,(H,25,29)(H,26,28,30)/t16-/m0/s1. The molecule has 6 nitrogen and oxygen atoms in total. The summed E-state index contributed by atoms with van der Waals surface area (Å²) in [5.74, 6) is -1.63. The van der Waals surface area contributed by atoms with E-state index in [2.05, 4.69) is 20.8 Å². The monoisotopic (exact) mass is 452 g/mol. The first-order valence-electron chi connectivity index (χ1n) is 8.95. The lowest BCUT2D eigenvalue weighted by atomic mass is 10.1. The summed E-state index contributed by atoms with van der Waals surface area (Å²) in [6.45, 7) is 1.65. The van der Waals surface area contributed by atoms with Crippen LogP contribution in [0.25, 0.3) is 0 Å². The lowest BCUT2D eigenvalue weighted by molar-refractivity contribution is -0.137. The van der Waals surface area contributed by atoms with Gasteiger partial charge in [-0.05, 0) is 36.8 Å². The van der Waals surface area contributed by atoms with Crippen LogP contribution in [0.3, 0.4) is 0 Å². The van der Waals surface area contributed by atoms with E-state index in [0.717, 1.165) is 23.9 Å². The zero-order valence-electron chi connectivity index (χ0n) is 16.0. The van der Waals surface area contributed by atoms with E-state index in [4.69, 9.17) is 0 Å². The maximum atomic E-state index is 13.0. The molecule has 0 unspecified atom stereocenters. The Morgan fingerprint density at radius 1 is 1.16 bits per heavy atom. The van der Waals surface area contributed by atoms with Crippen molar-refractivity contribution in [3.63, 3.8) is 0 Å². The van der Waals surface area contributed by atoms with Crippen molar-refractivity contribution >= 4 is 40.1 Å². The molecule has 3 rings (SSSR count). The number of amides is 2. The molecule has 31 heavy (non-hydrogen) atoms. The van der Waals surface area contributed by atoms with Crippen molar-refractivity contribution in [2.45, 2.75) is 24.8 Å². The molecule has 0 aromatic heterocycles. The van der Waals surface area contributed by atoms with Gasteiger partial charge in [0.1, 0.15) is 11.1 Å². The smallest absolute Gasteiger partial charge is 0.325 e. The molecule has 1 aliphatic rings. The molecule has 0 spiro atoms. The summed E-state index contributed by atoms with van der Waals surface area (Å²) in [5.41, 5.74) is -0.233. The molecule has 2 aromatic carbocycles. The third-order valence-electron chi connectivity index (χ3n) is 4.21. The minimum atomic E-state index is -4.62. The Morgan fingerprint density at radius 2 is 1.84 bits per heavy atom. The fourth-order valence-electron chi connectivity index (χ4n) is 2.66. The van der Waals surface area contributed by atoms with Crippen LogP contribution in [0.15, 0.2) is 58.7 Å². The minimum Gasteiger partial charge on any atom is -0.325 e. The molecular weight excluding hydrogens is 436 g/mol. The van der Waals surface area contributed by atoms with Crippen LogP contribution < -0.4 is 10.6 Å². The van der Waals surface area contributed by atoms with Crippen LogP contribution in [0.2, 0.25) is 0 Å². The second-order valence-corrected chi connectivity index (χ2v) is 7.68. The predicted octanol–water partition coefficient (Wildman–Crippen LogP) is 4.18. The summed E-state index contributed by atoms with van der Waals surface area (Å²) in [6.07, 6.45) is -4.97. The summed E-state index contributed by atoms with van der Waals surface area (Å²) in [4.78, 5) is 24.3. The summed E-state index contributed by atoms with van der Waals surface area (Å²) in [5, 5.41) is 11.9. The molecule has 1 saturated heterocycles. The summed E-state index contributed by atoms with van der Waals surface area (Å²) in [7, 11) is 0. The van der Waals surface area contributed by atoms with Gasteiger partial charge in [-0.25, -0.2) is 4.39 Å². The zero-order valence-corrected chi connectivity index (χ0v) is 16.9. The van der Waals surface area contributed by atoms with Crippen molar-refractivity contribution in [1.82, 2.24) is 5.32 Å². The molecule has 1 atom stereocenters. The quantitative estimate of drug-likeness (QED) is 0.406. The molecule has 2 aromatic rings. The summed E-state index contributed by atoms with van der Waals surface area (Å²) in [6, 6.07) is 10.2. The largest absolute Gasteiger partial charge is 0.418 e. The number of hydrogen-bond donors (Lipinski definition) is 2. The van der Waals surface area contributed by atoms with Gasteiger partial charge in [0.2, 0.25) is 11.8 Å². The van der Waals surface area contributed by atoms with Gasteiger partial charge in [-0.3, -0.25) is 9.59 Å². The fraction of sp³-hybridized carbons (Fsp3) is 0.200. The highest BCUT2D eigenvalue weighted by Gasteiger charge is 2.35. The number of amidine groups is 1. The maximum absolute atomic E-state index is 13.0. The fourth-order valence-corrected chi connectivity index (χ4v) is 3.58. The third-order valence-corrected chi connectivity index (χ3v) is 5.28. The van der Waals surface area contributed by atoms with E-state index in [1.807, 2.05) is 0 Å². The molecule has 2 amide bonds. The normalized spacial score (nSPS) is 18.2. The number of benzene rings is 2. The first kappa shape index (κ1) is 22.5. The molecule has 0 bridgehead atoms. The molecule has 1 fully saturated rings. The van der Waals surface area contributed by atoms with Gasteiger partial charge in [-0.15, -0.1) is 5.10 Å². The van der Waals surface area contributed by atoms with Gasteiger partial charge in [0.05, 0.1) is 17.0 Å². The van der Waals surface area contributed by atoms with E-state index in [-0.39, 0.29) is 23.1 Å². The lowest BCUT2D eigenvalue weighted by Crippen LogP contribution is -2.28. The first-order chi connectivity index (χ1) is 14.6. The predicted molar refractivity (Wildman–Crippen MR) is 110 cm³/mol. The Labute approximate surface area is 178 Å². The van der Waals surface area contributed by atoms with Gasteiger partial charge in [0.15, 0.2) is 5.17 Å². The van der Waals surface area contributed by atoms with Gasteiger partial charge >= 0.3 is 6.18 Å². The highest BCUT2D eigenvalue weighted by atomic mass is 32.2. The molecular formula is C20H16F4N4O2S. The second kappa shape index (κ2) is 9.29. The van der Waals surface area contributed by atoms with Gasteiger partial charge < -0.3 is 10.6 Å². The van der Waals surface area contributed by atoms with Crippen LogP contribution in [0.1, 0.15) is 24.5 Å². The first-order valence-corrected chi connectivity index (χ1v) is 9.83. The number of nitrogens with one attached hydrogen (secondary N) is 2.